The van der Waals surface area contributed by atoms with Gasteiger partial charge in [-0.05, 0) is 63.6 Å². The first-order chi connectivity index (χ1) is 11.4. The first-order valence-electron chi connectivity index (χ1n) is 8.51. The van der Waals surface area contributed by atoms with Crippen molar-refractivity contribution in [2.75, 3.05) is 18.8 Å². The SMILES string of the molecule is CC(C)Oc1ccc(N)c(C(=N)C2=CC(N3CC[C@@H](C)C3)[N-]N2)c1.[K+]. The van der Waals surface area contributed by atoms with E-state index in [1.165, 1.54) is 6.42 Å². The molecule has 7 heteroatoms. The molecule has 1 aromatic carbocycles. The van der Waals surface area contributed by atoms with Crippen LogP contribution < -0.4 is 67.3 Å². The zero-order valence-electron chi connectivity index (χ0n) is 15.5. The maximum atomic E-state index is 8.50. The standard InChI is InChI=1S/C18H26N5O.K/c1-11(2)24-13-4-5-15(19)14(8-13)18(20)16-9-17(22-21-16)23-7-6-12(3)10-23;/h4-5,8-9,11-12,17,20-21H,6-7,10,19H2,1-3H3;/q-1;+1/t12-,17?;/m1./s1. The van der Waals surface area contributed by atoms with Gasteiger partial charge in [-0.15, -0.1) is 0 Å². The summed E-state index contributed by atoms with van der Waals surface area (Å²) in [4.78, 5) is 2.33. The van der Waals surface area contributed by atoms with Crippen molar-refractivity contribution in [3.05, 3.63) is 41.0 Å². The third-order valence-electron chi connectivity index (χ3n) is 4.40. The summed E-state index contributed by atoms with van der Waals surface area (Å²) < 4.78 is 5.71. The normalized spacial score (nSPS) is 23.1. The van der Waals surface area contributed by atoms with Gasteiger partial charge in [-0.1, -0.05) is 13.0 Å². The molecule has 6 nitrogen and oxygen atoms in total. The minimum Gasteiger partial charge on any atom is -0.552 e. The van der Waals surface area contributed by atoms with Gasteiger partial charge in [-0.25, -0.2) is 0 Å². The molecule has 0 amide bonds. The Kier molecular flexibility index (Phi) is 7.51. The van der Waals surface area contributed by atoms with Crippen molar-refractivity contribution in [1.29, 1.82) is 5.41 Å². The summed E-state index contributed by atoms with van der Waals surface area (Å²) in [6, 6.07) is 5.45. The molecule has 0 bridgehead atoms. The summed E-state index contributed by atoms with van der Waals surface area (Å²) in [7, 11) is 0. The molecular weight excluding hydrogens is 341 g/mol. The Morgan fingerprint density at radius 2 is 2.20 bits per heavy atom. The quantitative estimate of drug-likeness (QED) is 0.384. The molecule has 130 valence electrons. The molecule has 1 fully saturated rings. The van der Waals surface area contributed by atoms with Gasteiger partial charge in [-0.2, -0.15) is 0 Å². The molecule has 1 saturated heterocycles. The first kappa shape index (κ1) is 20.9. The number of nitrogens with zero attached hydrogens (tertiary/aromatic N) is 2. The zero-order valence-corrected chi connectivity index (χ0v) is 18.7. The Balaban J connectivity index is 0.00000225. The van der Waals surface area contributed by atoms with Gasteiger partial charge in [-0.3, -0.25) is 5.41 Å². The maximum absolute atomic E-state index is 8.50. The van der Waals surface area contributed by atoms with Gasteiger partial charge in [0.25, 0.3) is 0 Å². The van der Waals surface area contributed by atoms with Crippen LogP contribution in [0.4, 0.5) is 5.69 Å². The van der Waals surface area contributed by atoms with Gasteiger partial charge in [0, 0.05) is 16.9 Å². The Morgan fingerprint density at radius 1 is 1.44 bits per heavy atom. The molecule has 0 spiro atoms. The summed E-state index contributed by atoms with van der Waals surface area (Å²) in [5.41, 5.74) is 15.8. The van der Waals surface area contributed by atoms with E-state index in [1.54, 1.807) is 6.07 Å². The van der Waals surface area contributed by atoms with Gasteiger partial charge >= 0.3 is 51.4 Å². The number of rotatable bonds is 5. The smallest absolute Gasteiger partial charge is 0.552 e. The number of nitrogens with one attached hydrogen (secondary N) is 2. The fraction of sp³-hybridized carbons (Fsp3) is 0.500. The summed E-state index contributed by atoms with van der Waals surface area (Å²) in [5.74, 6) is 1.43. The summed E-state index contributed by atoms with van der Waals surface area (Å²) in [6.45, 7) is 8.31. The van der Waals surface area contributed by atoms with Crippen LogP contribution in [0.1, 0.15) is 32.8 Å². The average molecular weight is 368 g/mol. The third-order valence-corrected chi connectivity index (χ3v) is 4.40. The van der Waals surface area contributed by atoms with Crippen LogP contribution >= 0.6 is 0 Å². The monoisotopic (exact) mass is 367 g/mol. The first-order valence-corrected chi connectivity index (χ1v) is 8.51. The molecule has 0 aromatic heterocycles. The van der Waals surface area contributed by atoms with E-state index in [4.69, 9.17) is 15.9 Å². The fourth-order valence-corrected chi connectivity index (χ4v) is 3.14. The molecule has 3 rings (SSSR count). The molecule has 2 aliphatic rings. The van der Waals surface area contributed by atoms with E-state index < -0.39 is 0 Å². The average Bonchev–Trinajstić information content (AvgIpc) is 3.16. The summed E-state index contributed by atoms with van der Waals surface area (Å²) in [6.07, 6.45) is 3.29. The Bertz CT molecular complexity index is 661. The predicted octanol–water partition coefficient (Wildman–Crippen LogP) is -0.128. The van der Waals surface area contributed by atoms with Crippen molar-refractivity contribution in [2.45, 2.75) is 39.5 Å². The minimum atomic E-state index is 0. The van der Waals surface area contributed by atoms with Gasteiger partial charge < -0.3 is 26.2 Å². The van der Waals surface area contributed by atoms with Crippen molar-refractivity contribution < 1.29 is 56.1 Å². The van der Waals surface area contributed by atoms with Crippen LogP contribution in [0.3, 0.4) is 0 Å². The molecule has 2 heterocycles. The number of hydrogen-bond acceptors (Lipinski definition) is 5. The molecule has 25 heavy (non-hydrogen) atoms. The van der Waals surface area contributed by atoms with Gasteiger partial charge in [0.2, 0.25) is 0 Å². The van der Waals surface area contributed by atoms with E-state index in [0.717, 1.165) is 18.8 Å². The van der Waals surface area contributed by atoms with E-state index in [9.17, 15) is 0 Å². The molecule has 0 aliphatic carbocycles. The number of benzene rings is 1. The molecule has 1 unspecified atom stereocenters. The van der Waals surface area contributed by atoms with E-state index >= 15 is 0 Å². The van der Waals surface area contributed by atoms with Crippen molar-refractivity contribution in [1.82, 2.24) is 10.3 Å². The second-order valence-corrected chi connectivity index (χ2v) is 6.91. The van der Waals surface area contributed by atoms with Crippen LogP contribution in [0.2, 0.25) is 0 Å². The van der Waals surface area contributed by atoms with Crippen molar-refractivity contribution in [3.8, 4) is 5.75 Å². The number of likely N-dealkylation sites (tertiary alicyclic amines) is 1. The molecular formula is C18H26KN5O. The van der Waals surface area contributed by atoms with E-state index in [1.807, 2.05) is 32.1 Å². The predicted molar refractivity (Wildman–Crippen MR) is 97.2 cm³/mol. The van der Waals surface area contributed by atoms with Gasteiger partial charge in [0.1, 0.15) is 5.75 Å². The number of ether oxygens (including phenoxy) is 1. The minimum absolute atomic E-state index is 0. The van der Waals surface area contributed by atoms with Crippen molar-refractivity contribution in [2.24, 2.45) is 5.92 Å². The van der Waals surface area contributed by atoms with Crippen LogP contribution in [0.15, 0.2) is 30.0 Å². The molecule has 1 aromatic rings. The summed E-state index contributed by atoms with van der Waals surface area (Å²) in [5, 5.41) is 8.50. The molecule has 4 N–H and O–H groups in total. The van der Waals surface area contributed by atoms with Crippen LogP contribution in [0.5, 0.6) is 5.75 Å². The van der Waals surface area contributed by atoms with Crippen LogP contribution in [-0.4, -0.2) is 36.0 Å². The maximum Gasteiger partial charge on any atom is 1.00 e. The zero-order chi connectivity index (χ0) is 17.3. The second kappa shape index (κ2) is 8.99. The molecule has 2 atom stereocenters. The largest absolute Gasteiger partial charge is 1.00 e. The van der Waals surface area contributed by atoms with Crippen LogP contribution in [0.25, 0.3) is 5.43 Å². The number of nitrogen functional groups attached to an aromatic ring is 1. The Morgan fingerprint density at radius 3 is 2.84 bits per heavy atom. The second-order valence-electron chi connectivity index (χ2n) is 6.91. The van der Waals surface area contributed by atoms with Crippen LogP contribution in [0, 0.1) is 11.3 Å². The van der Waals surface area contributed by atoms with E-state index in [0.29, 0.717) is 28.6 Å². The number of anilines is 1. The Labute approximate surface area is 192 Å². The van der Waals surface area contributed by atoms with Crippen molar-refractivity contribution in [3.63, 3.8) is 0 Å². The van der Waals surface area contributed by atoms with Crippen molar-refractivity contribution >= 4 is 11.4 Å². The molecule has 2 aliphatic heterocycles. The molecule has 0 radical (unpaired) electrons. The van der Waals surface area contributed by atoms with E-state index in [2.05, 4.69) is 22.7 Å². The van der Waals surface area contributed by atoms with Gasteiger partial charge in [0.05, 0.1) is 11.8 Å². The number of allylic oxidation sites excluding steroid dienone is 1. The molecule has 0 saturated carbocycles. The Hall–Kier alpha value is -0.414. The number of nitrogens with two attached hydrogens (primary N) is 1. The third kappa shape index (κ3) is 5.06. The number of hydrogen-bond donors (Lipinski definition) is 3. The van der Waals surface area contributed by atoms with Crippen LogP contribution in [-0.2, 0) is 0 Å². The summed E-state index contributed by atoms with van der Waals surface area (Å²) >= 11 is 0. The topological polar surface area (TPSA) is 88.5 Å². The van der Waals surface area contributed by atoms with Gasteiger partial charge in [0.15, 0.2) is 0 Å². The fourth-order valence-electron chi connectivity index (χ4n) is 3.14. The van der Waals surface area contributed by atoms with E-state index in [-0.39, 0.29) is 63.7 Å².